The molecule has 10 heteroatoms. The van der Waals surface area contributed by atoms with Crippen LogP contribution < -0.4 is 10.0 Å². The van der Waals surface area contributed by atoms with Crippen LogP contribution >= 0.6 is 0 Å². The minimum Gasteiger partial charge on any atom is -0.383 e. The summed E-state index contributed by atoms with van der Waals surface area (Å²) < 4.78 is 45.6. The van der Waals surface area contributed by atoms with E-state index < -0.39 is 16.1 Å². The van der Waals surface area contributed by atoms with Crippen molar-refractivity contribution in [1.29, 1.82) is 0 Å². The van der Waals surface area contributed by atoms with Crippen LogP contribution in [0.3, 0.4) is 0 Å². The second-order valence-corrected chi connectivity index (χ2v) is 11.0. The fourth-order valence-corrected chi connectivity index (χ4v) is 5.28. The average molecular weight is 570 g/mol. The SMILES string of the molecule is CCNS(=O)(=O)c1ccc(CCC(=O)N(Cc2ccc(F)cc2)[C@H](Cc2ccccc2)C(=O)NCCOC)cc1. The lowest BCUT2D eigenvalue weighted by Gasteiger charge is -2.31. The summed E-state index contributed by atoms with van der Waals surface area (Å²) in [6.45, 7) is 2.73. The van der Waals surface area contributed by atoms with Crippen LogP contribution in [0.5, 0.6) is 0 Å². The predicted octanol–water partition coefficient (Wildman–Crippen LogP) is 3.46. The maximum Gasteiger partial charge on any atom is 0.243 e. The molecule has 8 nitrogen and oxygen atoms in total. The smallest absolute Gasteiger partial charge is 0.243 e. The minimum absolute atomic E-state index is 0.0944. The standard InChI is InChI=1S/C30H36FN3O5S/c1-3-33-40(37,38)27-16-11-23(12-17-27)13-18-29(35)34(22-25-9-14-26(31)15-10-25)28(30(36)32-19-20-39-2)21-24-7-5-4-6-8-24/h4-12,14-17,28,33H,3,13,18-22H2,1-2H3,(H,32,36)/t28-/m1/s1. The van der Waals surface area contributed by atoms with Gasteiger partial charge in [0.2, 0.25) is 21.8 Å². The molecule has 0 radical (unpaired) electrons. The number of halogens is 1. The molecule has 2 amide bonds. The molecule has 0 bridgehead atoms. The molecule has 214 valence electrons. The Morgan fingerprint density at radius 2 is 1.57 bits per heavy atom. The van der Waals surface area contributed by atoms with E-state index in [4.69, 9.17) is 4.74 Å². The van der Waals surface area contributed by atoms with Crippen LogP contribution in [-0.2, 0) is 43.7 Å². The fourth-order valence-electron chi connectivity index (χ4n) is 4.24. The van der Waals surface area contributed by atoms with Crippen molar-refractivity contribution in [2.45, 2.75) is 43.7 Å². The van der Waals surface area contributed by atoms with Crippen molar-refractivity contribution < 1.29 is 27.1 Å². The highest BCUT2D eigenvalue weighted by Gasteiger charge is 2.30. The Labute approximate surface area is 235 Å². The van der Waals surface area contributed by atoms with E-state index in [9.17, 15) is 22.4 Å². The van der Waals surface area contributed by atoms with Crippen molar-refractivity contribution in [3.05, 3.63) is 101 Å². The molecule has 3 aromatic carbocycles. The lowest BCUT2D eigenvalue weighted by molar-refractivity contribution is -0.141. The molecule has 0 saturated carbocycles. The lowest BCUT2D eigenvalue weighted by atomic mass is 10.0. The molecule has 40 heavy (non-hydrogen) atoms. The van der Waals surface area contributed by atoms with E-state index in [-0.39, 0.29) is 42.0 Å². The average Bonchev–Trinajstić information content (AvgIpc) is 2.95. The van der Waals surface area contributed by atoms with E-state index in [2.05, 4.69) is 10.0 Å². The Morgan fingerprint density at radius 1 is 0.925 bits per heavy atom. The van der Waals surface area contributed by atoms with Crippen LogP contribution in [0.15, 0.2) is 83.8 Å². The van der Waals surface area contributed by atoms with Gasteiger partial charge in [0.15, 0.2) is 0 Å². The molecule has 0 fully saturated rings. The van der Waals surface area contributed by atoms with Gasteiger partial charge in [0.1, 0.15) is 11.9 Å². The molecule has 3 aromatic rings. The van der Waals surface area contributed by atoms with E-state index >= 15 is 0 Å². The molecule has 0 unspecified atom stereocenters. The first-order chi connectivity index (χ1) is 19.2. The first-order valence-electron chi connectivity index (χ1n) is 13.2. The number of hydrogen-bond donors (Lipinski definition) is 2. The maximum absolute atomic E-state index is 13.7. The number of amides is 2. The predicted molar refractivity (Wildman–Crippen MR) is 151 cm³/mol. The van der Waals surface area contributed by atoms with Gasteiger partial charge in [-0.25, -0.2) is 17.5 Å². The van der Waals surface area contributed by atoms with Gasteiger partial charge >= 0.3 is 0 Å². The molecule has 0 aromatic heterocycles. The molecule has 1 atom stereocenters. The van der Waals surface area contributed by atoms with Gasteiger partial charge in [0.05, 0.1) is 11.5 Å². The number of methoxy groups -OCH3 is 1. The van der Waals surface area contributed by atoms with Crippen molar-refractivity contribution in [2.24, 2.45) is 0 Å². The fraction of sp³-hybridized carbons (Fsp3) is 0.333. The Bertz CT molecular complexity index is 1330. The monoisotopic (exact) mass is 569 g/mol. The summed E-state index contributed by atoms with van der Waals surface area (Å²) in [5, 5.41) is 2.86. The molecule has 0 aliphatic rings. The quantitative estimate of drug-likeness (QED) is 0.273. The second kappa shape index (κ2) is 15.3. The van der Waals surface area contributed by atoms with Gasteiger partial charge in [-0.2, -0.15) is 0 Å². The molecule has 0 aliphatic heterocycles. The first-order valence-corrected chi connectivity index (χ1v) is 14.6. The zero-order valence-electron chi connectivity index (χ0n) is 22.8. The van der Waals surface area contributed by atoms with Gasteiger partial charge in [-0.1, -0.05) is 61.5 Å². The highest BCUT2D eigenvalue weighted by molar-refractivity contribution is 7.89. The summed E-state index contributed by atoms with van der Waals surface area (Å²) in [5.41, 5.74) is 2.37. The van der Waals surface area contributed by atoms with E-state index in [0.29, 0.717) is 31.6 Å². The van der Waals surface area contributed by atoms with Gasteiger partial charge in [-0.15, -0.1) is 0 Å². The zero-order valence-corrected chi connectivity index (χ0v) is 23.6. The molecule has 0 saturated heterocycles. The Morgan fingerprint density at radius 3 is 2.20 bits per heavy atom. The molecule has 0 aliphatic carbocycles. The molecule has 0 heterocycles. The molecular formula is C30H36FN3O5S. The number of rotatable bonds is 15. The van der Waals surface area contributed by atoms with Crippen molar-refractivity contribution in [1.82, 2.24) is 14.9 Å². The van der Waals surface area contributed by atoms with Crippen molar-refractivity contribution in [3.8, 4) is 0 Å². The second-order valence-electron chi connectivity index (χ2n) is 9.28. The number of hydrogen-bond acceptors (Lipinski definition) is 5. The van der Waals surface area contributed by atoms with Crippen LogP contribution in [-0.4, -0.2) is 58.0 Å². The number of nitrogens with one attached hydrogen (secondary N) is 2. The topological polar surface area (TPSA) is 105 Å². The van der Waals surface area contributed by atoms with Crippen molar-refractivity contribution in [3.63, 3.8) is 0 Å². The third kappa shape index (κ3) is 9.25. The third-order valence-corrected chi connectivity index (χ3v) is 7.90. The Kier molecular flexibility index (Phi) is 11.8. The number of ether oxygens (including phenoxy) is 1. The molecule has 0 spiro atoms. The number of nitrogens with zero attached hydrogens (tertiary/aromatic N) is 1. The van der Waals surface area contributed by atoms with Crippen LogP contribution in [0.2, 0.25) is 0 Å². The van der Waals surface area contributed by atoms with E-state index in [1.54, 1.807) is 38.3 Å². The lowest BCUT2D eigenvalue weighted by Crippen LogP contribution is -2.51. The number of aryl methyl sites for hydroxylation is 1. The summed E-state index contributed by atoms with van der Waals surface area (Å²) in [5.74, 6) is -0.954. The van der Waals surface area contributed by atoms with E-state index in [1.807, 2.05) is 30.3 Å². The van der Waals surface area contributed by atoms with Gasteiger partial charge in [-0.3, -0.25) is 9.59 Å². The van der Waals surface area contributed by atoms with Crippen LogP contribution in [0.1, 0.15) is 30.0 Å². The zero-order chi connectivity index (χ0) is 29.0. The summed E-state index contributed by atoms with van der Waals surface area (Å²) in [6, 6.07) is 20.9. The maximum atomic E-state index is 13.7. The molecule has 2 N–H and O–H groups in total. The number of carbonyl (C=O) groups is 2. The summed E-state index contributed by atoms with van der Waals surface area (Å²) in [4.78, 5) is 28.8. The third-order valence-electron chi connectivity index (χ3n) is 6.34. The van der Waals surface area contributed by atoms with Crippen LogP contribution in [0, 0.1) is 5.82 Å². The summed E-state index contributed by atoms with van der Waals surface area (Å²) >= 11 is 0. The van der Waals surface area contributed by atoms with Crippen LogP contribution in [0.25, 0.3) is 0 Å². The highest BCUT2D eigenvalue weighted by atomic mass is 32.2. The number of carbonyl (C=O) groups excluding carboxylic acids is 2. The van der Waals surface area contributed by atoms with Gasteiger partial charge < -0.3 is 15.0 Å². The first kappa shape index (κ1) is 30.9. The minimum atomic E-state index is -3.57. The largest absolute Gasteiger partial charge is 0.383 e. The molecular weight excluding hydrogens is 533 g/mol. The Hall–Kier alpha value is -3.60. The summed E-state index contributed by atoms with van der Waals surface area (Å²) in [6.07, 6.45) is 0.740. The van der Waals surface area contributed by atoms with Gasteiger partial charge in [-0.05, 0) is 47.4 Å². The normalized spacial score (nSPS) is 12.1. The summed E-state index contributed by atoms with van der Waals surface area (Å²) in [7, 11) is -2.03. The number of sulfonamides is 1. The van der Waals surface area contributed by atoms with Crippen LogP contribution in [0.4, 0.5) is 4.39 Å². The van der Waals surface area contributed by atoms with Gasteiger partial charge in [0.25, 0.3) is 0 Å². The number of benzene rings is 3. The van der Waals surface area contributed by atoms with Gasteiger partial charge in [0, 0.05) is 39.6 Å². The van der Waals surface area contributed by atoms with Crippen molar-refractivity contribution in [2.75, 3.05) is 26.8 Å². The van der Waals surface area contributed by atoms with E-state index in [0.717, 1.165) is 11.1 Å². The van der Waals surface area contributed by atoms with E-state index in [1.165, 1.54) is 29.2 Å². The highest BCUT2D eigenvalue weighted by Crippen LogP contribution is 2.18. The Balaban J connectivity index is 1.85. The molecule has 3 rings (SSSR count). The van der Waals surface area contributed by atoms with Crippen molar-refractivity contribution >= 4 is 21.8 Å².